The van der Waals surface area contributed by atoms with Gasteiger partial charge < -0.3 is 10.3 Å². The number of carbonyl (C=O) groups is 1. The predicted octanol–water partition coefficient (Wildman–Crippen LogP) is 5.61. The summed E-state index contributed by atoms with van der Waals surface area (Å²) in [4.78, 5) is 21.4. The van der Waals surface area contributed by atoms with Crippen LogP contribution in [0, 0.1) is 0 Å². The van der Waals surface area contributed by atoms with Crippen LogP contribution in [0.25, 0.3) is 22.4 Å². The van der Waals surface area contributed by atoms with Gasteiger partial charge in [-0.2, -0.15) is 0 Å². The van der Waals surface area contributed by atoms with Crippen LogP contribution < -0.4 is 5.32 Å². The van der Waals surface area contributed by atoms with Gasteiger partial charge in [0.2, 0.25) is 5.91 Å². The lowest BCUT2D eigenvalue weighted by Crippen LogP contribution is -2.14. The summed E-state index contributed by atoms with van der Waals surface area (Å²) in [5.74, 6) is 0.917. The monoisotopic (exact) mass is 393 g/mol. The van der Waals surface area contributed by atoms with Crippen LogP contribution in [-0.4, -0.2) is 21.6 Å². The molecule has 0 bridgehead atoms. The molecule has 0 atom stereocenters. The van der Waals surface area contributed by atoms with Crippen LogP contribution in [0.15, 0.2) is 77.7 Å². The minimum absolute atomic E-state index is 0.0801. The molecule has 1 amide bonds. The lowest BCUT2D eigenvalue weighted by atomic mass is 10.1. The molecule has 0 spiro atoms. The highest BCUT2D eigenvalue weighted by molar-refractivity contribution is 8.00. The van der Waals surface area contributed by atoms with Gasteiger partial charge in [-0.3, -0.25) is 4.79 Å². The molecular formula is C21H16ClN3OS. The van der Waals surface area contributed by atoms with Crippen molar-refractivity contribution in [3.05, 3.63) is 77.8 Å². The number of para-hydroxylation sites is 2. The van der Waals surface area contributed by atoms with E-state index in [1.54, 1.807) is 18.2 Å². The number of hydrogen-bond donors (Lipinski definition) is 2. The van der Waals surface area contributed by atoms with Crippen LogP contribution in [0.2, 0.25) is 5.02 Å². The van der Waals surface area contributed by atoms with Gasteiger partial charge in [0.1, 0.15) is 5.82 Å². The molecule has 4 nitrogen and oxygen atoms in total. The highest BCUT2D eigenvalue weighted by atomic mass is 35.5. The Balaban J connectivity index is 1.57. The number of fused-ring (bicyclic) bond motifs is 1. The normalized spacial score (nSPS) is 10.9. The number of H-pyrrole nitrogens is 1. The summed E-state index contributed by atoms with van der Waals surface area (Å²) < 4.78 is 0. The Morgan fingerprint density at radius 2 is 1.81 bits per heavy atom. The highest BCUT2D eigenvalue weighted by Crippen LogP contribution is 2.31. The molecule has 2 N–H and O–H groups in total. The number of amides is 1. The fourth-order valence-corrected chi connectivity index (χ4v) is 3.65. The molecule has 6 heteroatoms. The summed E-state index contributed by atoms with van der Waals surface area (Å²) in [6.45, 7) is 0. The third-order valence-electron chi connectivity index (χ3n) is 4.01. The first-order chi connectivity index (χ1) is 13.2. The molecule has 0 radical (unpaired) electrons. The first-order valence-corrected chi connectivity index (χ1v) is 9.78. The maximum atomic E-state index is 12.4. The maximum absolute atomic E-state index is 12.4. The molecule has 0 aliphatic heterocycles. The largest absolute Gasteiger partial charge is 0.338 e. The summed E-state index contributed by atoms with van der Waals surface area (Å²) >= 11 is 7.68. The van der Waals surface area contributed by atoms with Gasteiger partial charge in [0.25, 0.3) is 0 Å². The van der Waals surface area contributed by atoms with Gasteiger partial charge in [-0.15, -0.1) is 11.8 Å². The number of nitrogens with zero attached hydrogens (tertiary/aromatic N) is 1. The molecule has 1 aromatic heterocycles. The molecule has 0 aliphatic carbocycles. The van der Waals surface area contributed by atoms with Crippen molar-refractivity contribution < 1.29 is 4.79 Å². The molecule has 0 fully saturated rings. The van der Waals surface area contributed by atoms with E-state index in [2.05, 4.69) is 15.3 Å². The van der Waals surface area contributed by atoms with Crippen LogP contribution in [0.5, 0.6) is 0 Å². The molecule has 0 unspecified atom stereocenters. The predicted molar refractivity (Wildman–Crippen MR) is 112 cm³/mol. The van der Waals surface area contributed by atoms with Gasteiger partial charge >= 0.3 is 0 Å². The minimum Gasteiger partial charge on any atom is -0.338 e. The average molecular weight is 394 g/mol. The van der Waals surface area contributed by atoms with Crippen molar-refractivity contribution in [3.8, 4) is 11.4 Å². The first kappa shape index (κ1) is 17.6. The molecular weight excluding hydrogens is 378 g/mol. The van der Waals surface area contributed by atoms with Crippen molar-refractivity contribution in [2.45, 2.75) is 4.90 Å². The van der Waals surface area contributed by atoms with E-state index in [9.17, 15) is 4.79 Å². The lowest BCUT2D eigenvalue weighted by molar-refractivity contribution is -0.113. The van der Waals surface area contributed by atoms with Gasteiger partial charge in [-0.1, -0.05) is 41.9 Å². The number of benzene rings is 3. The minimum atomic E-state index is -0.0801. The Morgan fingerprint density at radius 3 is 2.63 bits per heavy atom. The second-order valence-corrected chi connectivity index (χ2v) is 7.43. The maximum Gasteiger partial charge on any atom is 0.234 e. The van der Waals surface area contributed by atoms with Crippen LogP contribution in [0.1, 0.15) is 0 Å². The van der Waals surface area contributed by atoms with Crippen LogP contribution in [0.3, 0.4) is 0 Å². The molecule has 0 saturated heterocycles. The Bertz CT molecular complexity index is 1060. The number of aromatic nitrogens is 2. The van der Waals surface area contributed by atoms with E-state index < -0.39 is 0 Å². The molecule has 3 aromatic carbocycles. The molecule has 134 valence electrons. The van der Waals surface area contributed by atoms with Crippen molar-refractivity contribution in [1.82, 2.24) is 9.97 Å². The fourth-order valence-electron chi connectivity index (χ4n) is 2.75. The number of halogens is 1. The van der Waals surface area contributed by atoms with Gasteiger partial charge in [0, 0.05) is 15.5 Å². The summed E-state index contributed by atoms with van der Waals surface area (Å²) in [5, 5.41) is 3.56. The standard InChI is InChI=1S/C21H16ClN3OS/c22-14-10-11-17(23-20(26)13-27-15-6-2-1-3-7-15)16(12-14)21-24-18-8-4-5-9-19(18)25-21/h1-12H,13H2,(H,23,26)(H,24,25). The molecule has 0 saturated carbocycles. The van der Waals surface area contributed by atoms with Gasteiger partial charge in [0.05, 0.1) is 22.5 Å². The third-order valence-corrected chi connectivity index (χ3v) is 5.26. The second kappa shape index (κ2) is 7.86. The van der Waals surface area contributed by atoms with Crippen molar-refractivity contribution in [1.29, 1.82) is 0 Å². The number of nitrogens with one attached hydrogen (secondary N) is 2. The van der Waals surface area contributed by atoms with E-state index in [1.807, 2.05) is 54.6 Å². The average Bonchev–Trinajstić information content (AvgIpc) is 3.12. The molecule has 4 rings (SSSR count). The van der Waals surface area contributed by atoms with E-state index in [1.165, 1.54) is 11.8 Å². The summed E-state index contributed by atoms with van der Waals surface area (Å²) in [5.41, 5.74) is 3.24. The summed E-state index contributed by atoms with van der Waals surface area (Å²) in [6.07, 6.45) is 0. The van der Waals surface area contributed by atoms with E-state index in [4.69, 9.17) is 11.6 Å². The Morgan fingerprint density at radius 1 is 1.04 bits per heavy atom. The number of imidazole rings is 1. The Kier molecular flexibility index (Phi) is 5.14. The number of carbonyl (C=O) groups excluding carboxylic acids is 1. The highest BCUT2D eigenvalue weighted by Gasteiger charge is 2.13. The zero-order valence-corrected chi connectivity index (χ0v) is 15.8. The van der Waals surface area contributed by atoms with Crippen LogP contribution in [0.4, 0.5) is 5.69 Å². The second-order valence-electron chi connectivity index (χ2n) is 5.94. The van der Waals surface area contributed by atoms with Crippen molar-refractivity contribution in [2.75, 3.05) is 11.1 Å². The smallest absolute Gasteiger partial charge is 0.234 e. The van der Waals surface area contributed by atoms with Crippen molar-refractivity contribution in [3.63, 3.8) is 0 Å². The molecule has 4 aromatic rings. The molecule has 1 heterocycles. The van der Waals surface area contributed by atoms with Gasteiger partial charge in [0.15, 0.2) is 0 Å². The SMILES string of the molecule is O=C(CSc1ccccc1)Nc1ccc(Cl)cc1-c1nc2ccccc2[nH]1. The van der Waals surface area contributed by atoms with Crippen molar-refractivity contribution >= 4 is 46.0 Å². The Hall–Kier alpha value is -2.76. The molecule has 0 aliphatic rings. The quantitative estimate of drug-likeness (QED) is 0.433. The zero-order chi connectivity index (χ0) is 18.6. The van der Waals surface area contributed by atoms with Crippen molar-refractivity contribution in [2.24, 2.45) is 0 Å². The lowest BCUT2D eigenvalue weighted by Gasteiger charge is -2.10. The van der Waals surface area contributed by atoms with Gasteiger partial charge in [-0.05, 0) is 42.5 Å². The summed E-state index contributed by atoms with van der Waals surface area (Å²) in [7, 11) is 0. The fraction of sp³-hybridized carbons (Fsp3) is 0.0476. The van der Waals surface area contributed by atoms with E-state index >= 15 is 0 Å². The molecule has 27 heavy (non-hydrogen) atoms. The number of thioether (sulfide) groups is 1. The van der Waals surface area contributed by atoms with E-state index in [-0.39, 0.29) is 5.91 Å². The number of aromatic amines is 1. The number of hydrogen-bond acceptors (Lipinski definition) is 3. The summed E-state index contributed by atoms with van der Waals surface area (Å²) in [6, 6.07) is 23.0. The Labute approximate surface area is 166 Å². The first-order valence-electron chi connectivity index (χ1n) is 8.41. The third kappa shape index (κ3) is 4.15. The topological polar surface area (TPSA) is 57.8 Å². The number of anilines is 1. The van der Waals surface area contributed by atoms with Crippen LogP contribution in [-0.2, 0) is 4.79 Å². The van der Waals surface area contributed by atoms with Crippen LogP contribution >= 0.6 is 23.4 Å². The van der Waals surface area contributed by atoms with E-state index in [0.717, 1.165) is 21.5 Å². The zero-order valence-electron chi connectivity index (χ0n) is 14.3. The van der Waals surface area contributed by atoms with Gasteiger partial charge in [-0.25, -0.2) is 4.98 Å². The van der Waals surface area contributed by atoms with E-state index in [0.29, 0.717) is 22.3 Å². The number of rotatable bonds is 5.